The second kappa shape index (κ2) is 12.3. The second-order valence-electron chi connectivity index (χ2n) is 11.6. The number of sulfone groups is 2. The Hall–Kier alpha value is -3.70. The van der Waals surface area contributed by atoms with Crippen molar-refractivity contribution in [1.82, 2.24) is 19.6 Å². The number of aryl methyl sites for hydroxylation is 2. The number of hydrogen-bond acceptors (Lipinski definition) is 12. The Morgan fingerprint density at radius 3 is 1.54 bits per heavy atom. The normalized spacial score (nSPS) is 17.9. The van der Waals surface area contributed by atoms with Crippen molar-refractivity contribution in [1.29, 1.82) is 0 Å². The van der Waals surface area contributed by atoms with Crippen molar-refractivity contribution in [3.8, 4) is 11.8 Å². The maximum absolute atomic E-state index is 14.7. The molecule has 0 aliphatic carbocycles. The molecule has 24 heteroatoms. The summed E-state index contributed by atoms with van der Waals surface area (Å²) >= 11 is 0. The Kier molecular flexibility index (Phi) is 9.94. The predicted molar refractivity (Wildman–Crippen MR) is 149 cm³/mol. The molecule has 48 heavy (non-hydrogen) atoms. The lowest BCUT2D eigenvalue weighted by Crippen LogP contribution is -2.35. The maximum atomic E-state index is 14.7. The fraction of sp³-hybridized carbons (Fsp3) is 0.667. The van der Waals surface area contributed by atoms with Gasteiger partial charge >= 0.3 is 17.6 Å². The number of halogens is 8. The van der Waals surface area contributed by atoms with E-state index in [2.05, 4.69) is 25.2 Å². The quantitative estimate of drug-likeness (QED) is 0.389. The molecular weight excluding hydrogens is 716 g/mol. The van der Waals surface area contributed by atoms with Crippen LogP contribution in [-0.2, 0) is 66.8 Å². The van der Waals surface area contributed by atoms with Gasteiger partial charge in [0.25, 0.3) is 9.84 Å². The monoisotopic (exact) mass is 746 g/mol. The van der Waals surface area contributed by atoms with Crippen molar-refractivity contribution in [3.63, 3.8) is 0 Å². The predicted octanol–water partition coefficient (Wildman–Crippen LogP) is 4.30. The SMILES string of the molecule is COc1c(C(F)(F)S(=O)(=O)C2=NOC(C)(C)C2)c(C(F)(F)F)nn1C.COc1c(CS(=O)(=O)C2=NOC(C)(C)C2)c(C(F)(F)F)nn1C. The van der Waals surface area contributed by atoms with E-state index in [4.69, 9.17) is 14.4 Å². The largest absolute Gasteiger partial charge is 0.481 e. The van der Waals surface area contributed by atoms with E-state index in [-0.39, 0.29) is 17.3 Å². The van der Waals surface area contributed by atoms with Crippen LogP contribution in [0.2, 0.25) is 0 Å². The molecule has 0 aromatic carbocycles. The van der Waals surface area contributed by atoms with Crippen molar-refractivity contribution < 1.29 is 71.1 Å². The van der Waals surface area contributed by atoms with Crippen LogP contribution >= 0.6 is 0 Å². The highest BCUT2D eigenvalue weighted by Gasteiger charge is 2.60. The molecule has 2 aromatic heterocycles. The van der Waals surface area contributed by atoms with E-state index in [0.717, 1.165) is 25.9 Å². The minimum atomic E-state index is -5.61. The molecule has 0 unspecified atom stereocenters. The van der Waals surface area contributed by atoms with E-state index < -0.39 is 94.1 Å². The summed E-state index contributed by atoms with van der Waals surface area (Å²) in [4.78, 5) is 9.70. The number of methoxy groups -OCH3 is 2. The minimum absolute atomic E-state index is 0.0146. The first-order chi connectivity index (χ1) is 21.5. The van der Waals surface area contributed by atoms with E-state index in [1.54, 1.807) is 13.8 Å². The van der Waals surface area contributed by atoms with Crippen molar-refractivity contribution in [2.45, 2.75) is 75.1 Å². The first-order valence-electron chi connectivity index (χ1n) is 13.2. The molecule has 0 amide bonds. The average Bonchev–Trinajstić information content (AvgIpc) is 3.66. The van der Waals surface area contributed by atoms with Crippen molar-refractivity contribution in [2.24, 2.45) is 24.4 Å². The van der Waals surface area contributed by atoms with Gasteiger partial charge in [-0.3, -0.25) is 0 Å². The highest BCUT2D eigenvalue weighted by Crippen LogP contribution is 2.48. The van der Waals surface area contributed by atoms with Crippen LogP contribution in [0.3, 0.4) is 0 Å². The second-order valence-corrected chi connectivity index (χ2v) is 15.6. The molecule has 272 valence electrons. The molecule has 14 nitrogen and oxygen atoms in total. The molecule has 4 rings (SSSR count). The molecule has 0 N–H and O–H groups in total. The van der Waals surface area contributed by atoms with Crippen LogP contribution < -0.4 is 9.47 Å². The van der Waals surface area contributed by atoms with E-state index in [1.807, 2.05) is 0 Å². The molecule has 2 aromatic rings. The molecule has 0 saturated carbocycles. The summed E-state index contributed by atoms with van der Waals surface area (Å²) in [5.41, 5.74) is -7.77. The molecular formula is C24H30F8N6O8S2. The van der Waals surface area contributed by atoms with Crippen LogP contribution in [0.15, 0.2) is 10.3 Å². The fourth-order valence-corrected chi connectivity index (χ4v) is 7.39. The summed E-state index contributed by atoms with van der Waals surface area (Å²) in [6, 6.07) is 0. The van der Waals surface area contributed by atoms with Gasteiger partial charge in [-0.25, -0.2) is 26.2 Å². The first-order valence-corrected chi connectivity index (χ1v) is 16.4. The van der Waals surface area contributed by atoms with Crippen LogP contribution in [0.4, 0.5) is 35.1 Å². The van der Waals surface area contributed by atoms with Crippen LogP contribution in [0.25, 0.3) is 0 Å². The summed E-state index contributed by atoms with van der Waals surface area (Å²) in [7, 11) is -5.58. The smallest absolute Gasteiger partial charge is 0.435 e. The topological polar surface area (TPSA) is 166 Å². The third-order valence-corrected chi connectivity index (χ3v) is 9.91. The van der Waals surface area contributed by atoms with Crippen molar-refractivity contribution >= 4 is 29.8 Å². The highest BCUT2D eigenvalue weighted by molar-refractivity contribution is 8.07. The van der Waals surface area contributed by atoms with Gasteiger partial charge in [0.2, 0.25) is 11.8 Å². The zero-order chi connectivity index (χ0) is 37.1. The molecule has 0 saturated heterocycles. The minimum Gasteiger partial charge on any atom is -0.481 e. The zero-order valence-electron chi connectivity index (χ0n) is 26.4. The fourth-order valence-electron chi connectivity index (χ4n) is 4.44. The van der Waals surface area contributed by atoms with Gasteiger partial charge in [0.05, 0.1) is 25.5 Å². The summed E-state index contributed by atoms with van der Waals surface area (Å²) in [6.07, 6.45) is -10.7. The van der Waals surface area contributed by atoms with Crippen LogP contribution in [0.1, 0.15) is 63.1 Å². The van der Waals surface area contributed by atoms with Gasteiger partial charge < -0.3 is 19.1 Å². The standard InChI is InChI=1S/C12H14F5N3O4S.C12H16F3N3O4S/c1-10(2)5-6(19-24-10)25(21,22)12(16,17)7-8(11(13,14)15)18-20(3)9(7)23-4;1-11(2)5-8(17-22-11)23(19,20)6-7-9(12(13,14)15)16-18(3)10(7)21-4/h5H2,1-4H3;5-6H2,1-4H3. The Morgan fingerprint density at radius 1 is 0.729 bits per heavy atom. The van der Waals surface area contributed by atoms with Gasteiger partial charge in [-0.1, -0.05) is 10.3 Å². The molecule has 2 aliphatic rings. The number of rotatable bonds is 6. The van der Waals surface area contributed by atoms with E-state index in [1.165, 1.54) is 20.9 Å². The highest BCUT2D eigenvalue weighted by atomic mass is 32.2. The van der Waals surface area contributed by atoms with E-state index >= 15 is 0 Å². The maximum Gasteiger partial charge on any atom is 0.435 e. The lowest BCUT2D eigenvalue weighted by molar-refractivity contribution is -0.144. The Bertz CT molecular complexity index is 1840. The Labute approximate surface area is 268 Å². The summed E-state index contributed by atoms with van der Waals surface area (Å²) in [5.74, 6) is -2.21. The molecule has 0 fully saturated rings. The van der Waals surface area contributed by atoms with Gasteiger partial charge in [0, 0.05) is 26.9 Å². The molecule has 0 radical (unpaired) electrons. The van der Waals surface area contributed by atoms with Gasteiger partial charge in [0.1, 0.15) is 16.8 Å². The van der Waals surface area contributed by atoms with Gasteiger partial charge in [0.15, 0.2) is 31.3 Å². The average molecular weight is 747 g/mol. The Balaban J connectivity index is 0.000000261. The van der Waals surface area contributed by atoms with Crippen molar-refractivity contribution in [2.75, 3.05) is 14.2 Å². The number of alkyl halides is 8. The number of nitrogens with zero attached hydrogens (tertiary/aromatic N) is 6. The summed E-state index contributed by atoms with van der Waals surface area (Å²) in [5, 5.41) is 6.53. The third kappa shape index (κ3) is 7.47. The first kappa shape index (κ1) is 38.7. The molecule has 0 bridgehead atoms. The lowest BCUT2D eigenvalue weighted by atomic mass is 10.1. The number of oxime groups is 2. The zero-order valence-corrected chi connectivity index (χ0v) is 28.0. The number of ether oxygens (including phenoxy) is 2. The van der Waals surface area contributed by atoms with E-state index in [9.17, 15) is 52.0 Å². The summed E-state index contributed by atoms with van der Waals surface area (Å²) < 4.78 is 168. The third-order valence-electron chi connectivity index (χ3n) is 6.58. The molecule has 2 aliphatic heterocycles. The van der Waals surface area contributed by atoms with Crippen molar-refractivity contribution in [3.05, 3.63) is 22.5 Å². The van der Waals surface area contributed by atoms with Gasteiger partial charge in [-0.15, -0.1) is 0 Å². The molecule has 0 atom stereocenters. The lowest BCUT2D eigenvalue weighted by Gasteiger charge is -2.19. The van der Waals surface area contributed by atoms with E-state index in [0.29, 0.717) is 4.68 Å². The van der Waals surface area contributed by atoms with Crippen LogP contribution in [-0.4, -0.2) is 71.9 Å². The molecule has 4 heterocycles. The Morgan fingerprint density at radius 2 is 1.15 bits per heavy atom. The number of hydrogen-bond donors (Lipinski definition) is 0. The van der Waals surface area contributed by atoms with Gasteiger partial charge in [-0.05, 0) is 27.7 Å². The van der Waals surface area contributed by atoms with Crippen LogP contribution in [0, 0.1) is 0 Å². The van der Waals surface area contributed by atoms with Crippen LogP contribution in [0.5, 0.6) is 11.8 Å². The summed E-state index contributed by atoms with van der Waals surface area (Å²) in [6.45, 7) is 6.04. The van der Waals surface area contributed by atoms with Gasteiger partial charge in [-0.2, -0.15) is 45.3 Å². The molecule has 0 spiro atoms. The number of aromatic nitrogens is 4.